The van der Waals surface area contributed by atoms with Crippen LogP contribution in [-0.4, -0.2) is 24.0 Å². The van der Waals surface area contributed by atoms with E-state index < -0.39 is 17.8 Å². The first-order chi connectivity index (χ1) is 10.6. The lowest BCUT2D eigenvalue weighted by atomic mass is 10.1. The number of rotatable bonds is 6. The zero-order valence-corrected chi connectivity index (χ0v) is 11.6. The number of amides is 2. The number of carbonyl (C=O) groups excluding carboxylic acids is 2. The van der Waals surface area contributed by atoms with Crippen LogP contribution in [0.15, 0.2) is 48.5 Å². The predicted octanol–water partition coefficient (Wildman–Crippen LogP) is 1.86. The van der Waals surface area contributed by atoms with Gasteiger partial charge in [0.25, 0.3) is 5.91 Å². The molecule has 5 nitrogen and oxygen atoms in total. The van der Waals surface area contributed by atoms with E-state index in [0.717, 1.165) is 0 Å². The molecule has 114 valence electrons. The first kappa shape index (κ1) is 15.7. The van der Waals surface area contributed by atoms with Crippen molar-refractivity contribution in [1.82, 2.24) is 5.32 Å². The Hall–Kier alpha value is -2.73. The molecule has 1 unspecified atom stereocenters. The highest BCUT2D eigenvalue weighted by Crippen LogP contribution is 2.16. The van der Waals surface area contributed by atoms with Crippen LogP contribution < -0.4 is 10.6 Å². The summed E-state index contributed by atoms with van der Waals surface area (Å²) in [6.45, 7) is -0.103. The molecule has 0 aromatic heterocycles. The topological polar surface area (TPSA) is 78.4 Å². The van der Waals surface area contributed by atoms with Crippen LogP contribution in [0.25, 0.3) is 0 Å². The van der Waals surface area contributed by atoms with Crippen LogP contribution >= 0.6 is 0 Å². The highest BCUT2D eigenvalue weighted by atomic mass is 19.1. The van der Waals surface area contributed by atoms with Gasteiger partial charge in [0.15, 0.2) is 0 Å². The smallest absolute Gasteiger partial charge is 0.251 e. The average molecular weight is 302 g/mol. The maximum absolute atomic E-state index is 13.5. The zero-order valence-electron chi connectivity index (χ0n) is 11.6. The van der Waals surface area contributed by atoms with Crippen LogP contribution in [0.1, 0.15) is 22.0 Å². The largest absolute Gasteiger partial charge is 0.386 e. The second-order valence-electron chi connectivity index (χ2n) is 4.59. The van der Waals surface area contributed by atoms with Crippen LogP contribution in [0.2, 0.25) is 0 Å². The summed E-state index contributed by atoms with van der Waals surface area (Å²) in [5, 5.41) is 14.9. The second-order valence-corrected chi connectivity index (χ2v) is 4.59. The number of halogens is 1. The molecule has 0 spiro atoms. The van der Waals surface area contributed by atoms with Gasteiger partial charge in [-0.15, -0.1) is 0 Å². The van der Waals surface area contributed by atoms with Gasteiger partial charge in [-0.1, -0.05) is 18.2 Å². The molecule has 22 heavy (non-hydrogen) atoms. The fraction of sp³-hybridized carbons (Fsp3) is 0.125. The SMILES string of the molecule is O=CNc1ccc(C(=O)NCC(O)c2ccccc2F)cc1. The highest BCUT2D eigenvalue weighted by Gasteiger charge is 2.14. The number of hydrogen-bond acceptors (Lipinski definition) is 3. The maximum Gasteiger partial charge on any atom is 0.251 e. The van der Waals surface area contributed by atoms with E-state index in [2.05, 4.69) is 10.6 Å². The van der Waals surface area contributed by atoms with E-state index in [9.17, 15) is 19.1 Å². The molecule has 0 saturated carbocycles. The maximum atomic E-state index is 13.5. The van der Waals surface area contributed by atoms with E-state index in [0.29, 0.717) is 17.7 Å². The van der Waals surface area contributed by atoms with E-state index in [1.807, 2.05) is 0 Å². The van der Waals surface area contributed by atoms with Gasteiger partial charge in [-0.2, -0.15) is 0 Å². The third kappa shape index (κ3) is 3.89. The van der Waals surface area contributed by atoms with Crippen LogP contribution in [-0.2, 0) is 4.79 Å². The Bertz CT molecular complexity index is 659. The minimum Gasteiger partial charge on any atom is -0.386 e. The minimum atomic E-state index is -1.12. The Labute approximate surface area is 126 Å². The van der Waals surface area contributed by atoms with Gasteiger partial charge in [0.2, 0.25) is 6.41 Å². The number of aliphatic hydroxyl groups excluding tert-OH is 1. The number of aliphatic hydroxyl groups is 1. The Kier molecular flexibility index (Phi) is 5.21. The molecule has 0 bridgehead atoms. The van der Waals surface area contributed by atoms with Crippen LogP contribution in [0.5, 0.6) is 0 Å². The summed E-state index contributed by atoms with van der Waals surface area (Å²) < 4.78 is 13.5. The normalized spacial score (nSPS) is 11.5. The molecule has 0 saturated heterocycles. The molecule has 2 amide bonds. The molecule has 0 aliphatic rings. The molecule has 3 N–H and O–H groups in total. The molecular weight excluding hydrogens is 287 g/mol. The Morgan fingerprint density at radius 1 is 1.18 bits per heavy atom. The fourth-order valence-corrected chi connectivity index (χ4v) is 1.93. The third-order valence-corrected chi connectivity index (χ3v) is 3.09. The van der Waals surface area contributed by atoms with E-state index in [1.54, 1.807) is 18.2 Å². The van der Waals surface area contributed by atoms with Crippen molar-refractivity contribution in [2.24, 2.45) is 0 Å². The van der Waals surface area contributed by atoms with Gasteiger partial charge in [0.1, 0.15) is 5.82 Å². The van der Waals surface area contributed by atoms with Crippen molar-refractivity contribution in [3.05, 3.63) is 65.5 Å². The molecule has 2 aromatic carbocycles. The van der Waals surface area contributed by atoms with E-state index in [1.165, 1.54) is 30.3 Å². The first-order valence-corrected chi connectivity index (χ1v) is 6.62. The van der Waals surface area contributed by atoms with Gasteiger partial charge < -0.3 is 15.7 Å². The van der Waals surface area contributed by atoms with Crippen molar-refractivity contribution >= 4 is 18.0 Å². The molecule has 0 fully saturated rings. The van der Waals surface area contributed by atoms with Crippen molar-refractivity contribution in [3.63, 3.8) is 0 Å². The molecule has 0 radical (unpaired) electrons. The fourth-order valence-electron chi connectivity index (χ4n) is 1.93. The summed E-state index contributed by atoms with van der Waals surface area (Å²) in [6, 6.07) is 12.1. The van der Waals surface area contributed by atoms with E-state index in [-0.39, 0.29) is 12.1 Å². The lowest BCUT2D eigenvalue weighted by Gasteiger charge is -2.13. The first-order valence-electron chi connectivity index (χ1n) is 6.62. The molecule has 0 aliphatic carbocycles. The van der Waals surface area contributed by atoms with Gasteiger partial charge in [-0.3, -0.25) is 9.59 Å². The number of carbonyl (C=O) groups is 2. The van der Waals surface area contributed by atoms with Gasteiger partial charge >= 0.3 is 0 Å². The van der Waals surface area contributed by atoms with Gasteiger partial charge in [0.05, 0.1) is 6.10 Å². The van der Waals surface area contributed by atoms with Crippen molar-refractivity contribution < 1.29 is 19.1 Å². The number of anilines is 1. The second kappa shape index (κ2) is 7.33. The summed E-state index contributed by atoms with van der Waals surface area (Å²) in [4.78, 5) is 22.2. The minimum absolute atomic E-state index is 0.103. The molecule has 6 heteroatoms. The Morgan fingerprint density at radius 2 is 1.86 bits per heavy atom. The van der Waals surface area contributed by atoms with E-state index >= 15 is 0 Å². The number of benzene rings is 2. The Morgan fingerprint density at radius 3 is 2.50 bits per heavy atom. The summed E-state index contributed by atoms with van der Waals surface area (Å²) in [7, 11) is 0. The lowest BCUT2D eigenvalue weighted by molar-refractivity contribution is -0.105. The highest BCUT2D eigenvalue weighted by molar-refractivity contribution is 5.94. The summed E-state index contributed by atoms with van der Waals surface area (Å²) in [5.41, 5.74) is 1.07. The predicted molar refractivity (Wildman–Crippen MR) is 79.8 cm³/mol. The average Bonchev–Trinajstić information content (AvgIpc) is 2.54. The van der Waals surface area contributed by atoms with Crippen LogP contribution in [0.4, 0.5) is 10.1 Å². The summed E-state index contributed by atoms with van der Waals surface area (Å²) in [5.74, 6) is -0.915. The van der Waals surface area contributed by atoms with Gasteiger partial charge in [-0.25, -0.2) is 4.39 Å². The molecule has 0 aliphatic heterocycles. The number of hydrogen-bond donors (Lipinski definition) is 3. The molecular formula is C16H15FN2O3. The van der Waals surface area contributed by atoms with Crippen molar-refractivity contribution in [3.8, 4) is 0 Å². The van der Waals surface area contributed by atoms with Crippen molar-refractivity contribution in [2.75, 3.05) is 11.9 Å². The van der Waals surface area contributed by atoms with Gasteiger partial charge in [0, 0.05) is 23.4 Å². The molecule has 2 aromatic rings. The van der Waals surface area contributed by atoms with E-state index in [4.69, 9.17) is 0 Å². The monoisotopic (exact) mass is 302 g/mol. The Balaban J connectivity index is 1.94. The van der Waals surface area contributed by atoms with Gasteiger partial charge in [-0.05, 0) is 30.3 Å². The molecule has 1 atom stereocenters. The van der Waals surface area contributed by atoms with Crippen LogP contribution in [0, 0.1) is 5.82 Å². The number of nitrogens with one attached hydrogen (secondary N) is 2. The lowest BCUT2D eigenvalue weighted by Crippen LogP contribution is -2.28. The van der Waals surface area contributed by atoms with Crippen molar-refractivity contribution in [1.29, 1.82) is 0 Å². The molecule has 2 rings (SSSR count). The third-order valence-electron chi connectivity index (χ3n) is 3.09. The van der Waals surface area contributed by atoms with Crippen molar-refractivity contribution in [2.45, 2.75) is 6.10 Å². The summed E-state index contributed by atoms with van der Waals surface area (Å²) >= 11 is 0. The zero-order chi connectivity index (χ0) is 15.9. The quantitative estimate of drug-likeness (QED) is 0.713. The van der Waals surface area contributed by atoms with Crippen LogP contribution in [0.3, 0.4) is 0 Å². The summed E-state index contributed by atoms with van der Waals surface area (Å²) in [6.07, 6.45) is -0.582. The molecule has 0 heterocycles. The standard InChI is InChI=1S/C16H15FN2O3/c17-14-4-2-1-3-13(14)15(21)9-18-16(22)11-5-7-12(8-6-11)19-10-20/h1-8,10,15,21H,9H2,(H,18,22)(H,19,20).